The molecule has 150 valence electrons. The van der Waals surface area contributed by atoms with Gasteiger partial charge in [-0.2, -0.15) is 0 Å². The number of amides is 2. The highest BCUT2D eigenvalue weighted by Crippen LogP contribution is 2.38. The average Bonchev–Trinajstić information content (AvgIpc) is 3.50. The Bertz CT molecular complexity index is 1290. The summed E-state index contributed by atoms with van der Waals surface area (Å²) in [5.41, 5.74) is 2.70. The lowest BCUT2D eigenvalue weighted by Gasteiger charge is -2.06. The lowest BCUT2D eigenvalue weighted by molar-refractivity contribution is -0.122. The number of aryl methyl sites for hydroxylation is 2. The van der Waals surface area contributed by atoms with E-state index in [9.17, 15) is 9.59 Å². The molecule has 1 aliphatic rings. The van der Waals surface area contributed by atoms with Crippen LogP contribution in [0.2, 0.25) is 0 Å². The van der Waals surface area contributed by atoms with Gasteiger partial charge < -0.3 is 9.13 Å². The van der Waals surface area contributed by atoms with Crippen LogP contribution in [-0.2, 0) is 22.7 Å². The van der Waals surface area contributed by atoms with E-state index in [2.05, 4.69) is 30.8 Å². The topological polar surface area (TPSA) is 68.9 Å². The standard InChI is InChI=1S/C22H17BrN4O2S/c23-14-4-5-17-15(11-14)16(12-27(17)8-2-7-26-9-6-24-13-26)19-20(18-3-1-10-30-18)22(29)25-21(19)28/h1,3-6,9-13H,2,7-8H2,(H,25,28,29). The number of imidazole rings is 1. The summed E-state index contributed by atoms with van der Waals surface area (Å²) in [4.78, 5) is 30.2. The van der Waals surface area contributed by atoms with Crippen molar-refractivity contribution < 1.29 is 9.59 Å². The number of nitrogens with one attached hydrogen (secondary N) is 1. The average molecular weight is 481 g/mol. The molecule has 0 fully saturated rings. The SMILES string of the molecule is O=C1NC(=O)C(c2cn(CCCn3ccnc3)c3ccc(Br)cc23)=C1c1cccs1. The molecule has 8 heteroatoms. The summed E-state index contributed by atoms with van der Waals surface area (Å²) in [6, 6.07) is 9.80. The number of benzene rings is 1. The van der Waals surface area contributed by atoms with Crippen molar-refractivity contribution in [3.05, 3.63) is 75.5 Å². The van der Waals surface area contributed by atoms with Gasteiger partial charge in [-0.05, 0) is 36.1 Å². The molecule has 5 rings (SSSR count). The zero-order chi connectivity index (χ0) is 20.7. The number of thiophene rings is 1. The van der Waals surface area contributed by atoms with E-state index < -0.39 is 0 Å². The maximum atomic E-state index is 12.8. The molecule has 3 aromatic heterocycles. The Morgan fingerprint density at radius 2 is 1.97 bits per heavy atom. The predicted molar refractivity (Wildman–Crippen MR) is 121 cm³/mol. The Morgan fingerprint density at radius 1 is 1.10 bits per heavy atom. The second kappa shape index (κ2) is 7.70. The minimum atomic E-state index is -0.346. The maximum Gasteiger partial charge on any atom is 0.260 e. The van der Waals surface area contributed by atoms with Crippen molar-refractivity contribution in [2.75, 3.05) is 0 Å². The van der Waals surface area contributed by atoms with E-state index in [1.54, 1.807) is 6.20 Å². The lowest BCUT2D eigenvalue weighted by Crippen LogP contribution is -2.22. The summed E-state index contributed by atoms with van der Waals surface area (Å²) in [7, 11) is 0. The van der Waals surface area contributed by atoms with Crippen LogP contribution in [0.15, 0.2) is 65.1 Å². The van der Waals surface area contributed by atoms with Crippen LogP contribution in [0.1, 0.15) is 16.9 Å². The smallest absolute Gasteiger partial charge is 0.260 e. The largest absolute Gasteiger partial charge is 0.347 e. The third-order valence-electron chi connectivity index (χ3n) is 5.19. The van der Waals surface area contributed by atoms with Crippen molar-refractivity contribution in [2.45, 2.75) is 19.5 Å². The van der Waals surface area contributed by atoms with E-state index in [-0.39, 0.29) is 11.8 Å². The van der Waals surface area contributed by atoms with E-state index in [1.807, 2.05) is 59.0 Å². The molecule has 30 heavy (non-hydrogen) atoms. The van der Waals surface area contributed by atoms with Gasteiger partial charge in [0.2, 0.25) is 0 Å². The minimum absolute atomic E-state index is 0.339. The summed E-state index contributed by atoms with van der Waals surface area (Å²) >= 11 is 5.00. The zero-order valence-electron chi connectivity index (χ0n) is 15.8. The van der Waals surface area contributed by atoms with Crippen molar-refractivity contribution in [3.63, 3.8) is 0 Å². The number of nitrogens with zero attached hydrogens (tertiary/aromatic N) is 3. The maximum absolute atomic E-state index is 12.8. The van der Waals surface area contributed by atoms with Crippen LogP contribution in [0.4, 0.5) is 0 Å². The first-order valence-corrected chi connectivity index (χ1v) is 11.2. The second-order valence-electron chi connectivity index (χ2n) is 7.06. The molecule has 2 amide bonds. The van der Waals surface area contributed by atoms with Crippen LogP contribution < -0.4 is 5.32 Å². The van der Waals surface area contributed by atoms with Crippen molar-refractivity contribution in [3.8, 4) is 0 Å². The second-order valence-corrected chi connectivity index (χ2v) is 8.93. The fraction of sp³-hybridized carbons (Fsp3) is 0.136. The molecule has 0 saturated heterocycles. The normalized spacial score (nSPS) is 14.2. The van der Waals surface area contributed by atoms with Gasteiger partial charge in [0.15, 0.2) is 0 Å². The van der Waals surface area contributed by atoms with E-state index >= 15 is 0 Å². The number of halogens is 1. The number of hydrogen-bond donors (Lipinski definition) is 1. The Balaban J connectivity index is 1.61. The van der Waals surface area contributed by atoms with Crippen LogP contribution in [0.3, 0.4) is 0 Å². The van der Waals surface area contributed by atoms with Crippen LogP contribution in [0, 0.1) is 0 Å². The molecule has 0 bridgehead atoms. The molecule has 0 radical (unpaired) electrons. The lowest BCUT2D eigenvalue weighted by atomic mass is 10.00. The molecule has 4 aromatic rings. The molecule has 0 atom stereocenters. The van der Waals surface area contributed by atoms with E-state index in [0.29, 0.717) is 11.1 Å². The van der Waals surface area contributed by atoms with Gasteiger partial charge in [0, 0.05) is 57.5 Å². The monoisotopic (exact) mass is 480 g/mol. The number of imide groups is 1. The Morgan fingerprint density at radius 3 is 2.73 bits per heavy atom. The quantitative estimate of drug-likeness (QED) is 0.417. The van der Waals surface area contributed by atoms with Crippen molar-refractivity contribution in [2.24, 2.45) is 0 Å². The highest BCUT2D eigenvalue weighted by atomic mass is 79.9. The Labute approximate surface area is 185 Å². The molecule has 0 aliphatic carbocycles. The minimum Gasteiger partial charge on any atom is -0.347 e. The van der Waals surface area contributed by atoms with Crippen molar-refractivity contribution in [1.82, 2.24) is 19.4 Å². The third-order valence-corrected chi connectivity index (χ3v) is 6.57. The van der Waals surface area contributed by atoms with Crippen LogP contribution in [0.25, 0.3) is 22.0 Å². The van der Waals surface area contributed by atoms with Crippen molar-refractivity contribution in [1.29, 1.82) is 0 Å². The summed E-state index contributed by atoms with van der Waals surface area (Å²) < 4.78 is 5.13. The first kappa shape index (κ1) is 19.0. The van der Waals surface area contributed by atoms with E-state index in [1.165, 1.54) is 11.3 Å². The van der Waals surface area contributed by atoms with Crippen LogP contribution in [0.5, 0.6) is 0 Å². The van der Waals surface area contributed by atoms with Gasteiger partial charge in [0.1, 0.15) is 0 Å². The Hall–Kier alpha value is -2.97. The van der Waals surface area contributed by atoms with Crippen LogP contribution >= 0.6 is 27.3 Å². The number of carbonyl (C=O) groups is 2. The molecule has 6 nitrogen and oxygen atoms in total. The summed E-state index contributed by atoms with van der Waals surface area (Å²) in [6.07, 6.45) is 8.44. The molecule has 0 saturated carbocycles. The molecule has 4 heterocycles. The van der Waals surface area contributed by atoms with Gasteiger partial charge in [0.05, 0.1) is 17.5 Å². The fourth-order valence-electron chi connectivity index (χ4n) is 3.86. The first-order chi connectivity index (χ1) is 14.6. The molecular weight excluding hydrogens is 464 g/mol. The van der Waals surface area contributed by atoms with Crippen LogP contribution in [-0.4, -0.2) is 25.9 Å². The number of aromatic nitrogens is 3. The highest BCUT2D eigenvalue weighted by Gasteiger charge is 2.34. The van der Waals surface area contributed by atoms with Gasteiger partial charge in [-0.15, -0.1) is 11.3 Å². The molecule has 1 aromatic carbocycles. The van der Waals surface area contributed by atoms with E-state index in [0.717, 1.165) is 45.3 Å². The third kappa shape index (κ3) is 3.32. The molecule has 1 N–H and O–H groups in total. The summed E-state index contributed by atoms with van der Waals surface area (Å²) in [6.45, 7) is 1.64. The van der Waals surface area contributed by atoms with Gasteiger partial charge in [-0.1, -0.05) is 22.0 Å². The van der Waals surface area contributed by atoms with Gasteiger partial charge >= 0.3 is 0 Å². The predicted octanol–water partition coefficient (Wildman–Crippen LogP) is 4.32. The Kier molecular flexibility index (Phi) is 4.88. The van der Waals surface area contributed by atoms with Gasteiger partial charge in [0.25, 0.3) is 11.8 Å². The molecule has 0 unspecified atom stereocenters. The summed E-state index contributed by atoms with van der Waals surface area (Å²) in [5.74, 6) is -0.686. The fourth-order valence-corrected chi connectivity index (χ4v) is 5.00. The first-order valence-electron chi connectivity index (χ1n) is 9.50. The summed E-state index contributed by atoms with van der Waals surface area (Å²) in [5, 5.41) is 5.33. The number of fused-ring (bicyclic) bond motifs is 1. The van der Waals surface area contributed by atoms with E-state index in [4.69, 9.17) is 0 Å². The molecular formula is C22H17BrN4O2S. The van der Waals surface area contributed by atoms with Gasteiger partial charge in [-0.25, -0.2) is 4.98 Å². The van der Waals surface area contributed by atoms with Gasteiger partial charge in [-0.3, -0.25) is 14.9 Å². The zero-order valence-corrected chi connectivity index (χ0v) is 18.2. The molecule has 1 aliphatic heterocycles. The number of rotatable bonds is 6. The molecule has 0 spiro atoms. The highest BCUT2D eigenvalue weighted by molar-refractivity contribution is 9.10. The number of hydrogen-bond acceptors (Lipinski definition) is 4. The van der Waals surface area contributed by atoms with Crippen molar-refractivity contribution >= 4 is 61.1 Å². The number of carbonyl (C=O) groups excluding carboxylic acids is 2.